The van der Waals surface area contributed by atoms with Gasteiger partial charge in [0.1, 0.15) is 17.5 Å². The van der Waals surface area contributed by atoms with Gasteiger partial charge in [-0.25, -0.2) is 4.98 Å². The summed E-state index contributed by atoms with van der Waals surface area (Å²) in [6.07, 6.45) is 12.1. The van der Waals surface area contributed by atoms with E-state index in [4.69, 9.17) is 5.73 Å². The Kier molecular flexibility index (Phi) is 6.28. The molecule has 3 rings (SSSR count). The summed E-state index contributed by atoms with van der Waals surface area (Å²) in [5, 5.41) is 9.79. The number of anilines is 1. The van der Waals surface area contributed by atoms with Crippen molar-refractivity contribution in [2.75, 3.05) is 5.73 Å². The summed E-state index contributed by atoms with van der Waals surface area (Å²) >= 11 is 0. The van der Waals surface area contributed by atoms with Gasteiger partial charge in [-0.3, -0.25) is 0 Å². The second kappa shape index (κ2) is 8.85. The van der Waals surface area contributed by atoms with Crippen LogP contribution in [0.2, 0.25) is 0 Å². The summed E-state index contributed by atoms with van der Waals surface area (Å²) in [5.41, 5.74) is 12.5. The van der Waals surface area contributed by atoms with Crippen LogP contribution in [0.5, 0.6) is 0 Å². The number of nitrogens with two attached hydrogens (primary N) is 1. The Morgan fingerprint density at radius 2 is 1.54 bits per heavy atom. The fraction of sp³-hybridized carbons (Fsp3) is 0.478. The van der Waals surface area contributed by atoms with Crippen LogP contribution in [0.3, 0.4) is 0 Å². The number of benzene rings is 1. The summed E-state index contributed by atoms with van der Waals surface area (Å²) < 4.78 is 0. The molecule has 2 aromatic rings. The molecule has 0 unspecified atom stereocenters. The Balaban J connectivity index is 2.14. The van der Waals surface area contributed by atoms with E-state index in [-0.39, 0.29) is 0 Å². The molecule has 0 saturated carbocycles. The zero-order valence-corrected chi connectivity index (χ0v) is 15.9. The molecule has 0 saturated heterocycles. The molecular weight excluding hydrogens is 318 g/mol. The first-order valence-corrected chi connectivity index (χ1v) is 9.99. The zero-order chi connectivity index (χ0) is 18.4. The van der Waals surface area contributed by atoms with Gasteiger partial charge in [-0.1, -0.05) is 62.8 Å². The molecule has 0 aliphatic heterocycles. The smallest absolute Gasteiger partial charge is 0.142 e. The highest BCUT2D eigenvalue weighted by Gasteiger charge is 2.20. The number of fused-ring (bicyclic) bond motifs is 1. The van der Waals surface area contributed by atoms with Crippen LogP contribution in [0.4, 0.5) is 5.82 Å². The van der Waals surface area contributed by atoms with Gasteiger partial charge in [-0.05, 0) is 49.3 Å². The lowest BCUT2D eigenvalue weighted by molar-refractivity contribution is 0.557. The molecule has 1 aromatic carbocycles. The number of hydrogen-bond donors (Lipinski definition) is 1. The average molecular weight is 348 g/mol. The van der Waals surface area contributed by atoms with Crippen LogP contribution < -0.4 is 5.73 Å². The highest BCUT2D eigenvalue weighted by Crippen LogP contribution is 2.36. The van der Waals surface area contributed by atoms with E-state index in [1.165, 1.54) is 49.7 Å². The van der Waals surface area contributed by atoms with Crippen molar-refractivity contribution >= 4 is 5.82 Å². The minimum atomic E-state index is 0.386. The monoisotopic (exact) mass is 347 g/mol. The van der Waals surface area contributed by atoms with Gasteiger partial charge in [0.2, 0.25) is 0 Å². The van der Waals surface area contributed by atoms with Crippen molar-refractivity contribution in [1.82, 2.24) is 4.98 Å². The van der Waals surface area contributed by atoms with Crippen molar-refractivity contribution in [3.63, 3.8) is 0 Å². The number of nitrogen functional groups attached to an aromatic ring is 1. The first-order valence-electron chi connectivity index (χ1n) is 9.99. The van der Waals surface area contributed by atoms with Gasteiger partial charge < -0.3 is 5.73 Å². The normalized spacial score (nSPS) is 16.0. The van der Waals surface area contributed by atoms with Crippen LogP contribution in [-0.4, -0.2) is 4.98 Å². The number of pyridine rings is 1. The second-order valence-corrected chi connectivity index (χ2v) is 7.43. The van der Waals surface area contributed by atoms with E-state index in [9.17, 15) is 5.26 Å². The number of aromatic nitrogens is 1. The van der Waals surface area contributed by atoms with Gasteiger partial charge in [0.25, 0.3) is 0 Å². The molecule has 1 aromatic heterocycles. The fourth-order valence-electron chi connectivity index (χ4n) is 4.09. The van der Waals surface area contributed by atoms with E-state index >= 15 is 0 Å². The Labute approximate surface area is 157 Å². The van der Waals surface area contributed by atoms with Crippen LogP contribution in [0.15, 0.2) is 24.3 Å². The number of hydrogen-bond acceptors (Lipinski definition) is 3. The maximum absolute atomic E-state index is 9.79. The third kappa shape index (κ3) is 4.07. The quantitative estimate of drug-likeness (QED) is 0.716. The third-order valence-corrected chi connectivity index (χ3v) is 5.53. The molecule has 1 heterocycles. The summed E-state index contributed by atoms with van der Waals surface area (Å²) in [7, 11) is 0. The summed E-state index contributed by atoms with van der Waals surface area (Å²) in [4.78, 5) is 4.68. The van der Waals surface area contributed by atoms with E-state index < -0.39 is 0 Å². The number of rotatable bonds is 1. The van der Waals surface area contributed by atoms with E-state index in [0.29, 0.717) is 11.4 Å². The molecular formula is C23H29N3. The van der Waals surface area contributed by atoms with Gasteiger partial charge in [0.05, 0.1) is 0 Å². The van der Waals surface area contributed by atoms with E-state index in [1.807, 2.05) is 12.1 Å². The van der Waals surface area contributed by atoms with Crippen LogP contribution in [0.25, 0.3) is 11.1 Å². The molecule has 0 bridgehead atoms. The Bertz CT molecular complexity index is 802. The number of nitriles is 1. The largest absolute Gasteiger partial charge is 0.383 e. The second-order valence-electron chi connectivity index (χ2n) is 7.43. The molecule has 136 valence electrons. The molecule has 0 spiro atoms. The minimum Gasteiger partial charge on any atom is -0.383 e. The van der Waals surface area contributed by atoms with Gasteiger partial charge in [-0.2, -0.15) is 5.26 Å². The lowest BCUT2D eigenvalue weighted by Gasteiger charge is -2.19. The maximum atomic E-state index is 9.79. The van der Waals surface area contributed by atoms with Crippen molar-refractivity contribution in [1.29, 1.82) is 5.26 Å². The highest BCUT2D eigenvalue weighted by atomic mass is 14.9. The first kappa shape index (κ1) is 18.5. The van der Waals surface area contributed by atoms with Crippen molar-refractivity contribution < 1.29 is 0 Å². The predicted molar refractivity (Wildman–Crippen MR) is 108 cm³/mol. The molecule has 0 atom stereocenters. The number of nitrogens with zero attached hydrogens (tertiary/aromatic N) is 2. The van der Waals surface area contributed by atoms with Crippen LogP contribution in [-0.2, 0) is 12.8 Å². The molecule has 3 heteroatoms. The molecule has 0 fully saturated rings. The van der Waals surface area contributed by atoms with Gasteiger partial charge >= 0.3 is 0 Å². The van der Waals surface area contributed by atoms with Gasteiger partial charge in [0.15, 0.2) is 0 Å². The van der Waals surface area contributed by atoms with Gasteiger partial charge in [0, 0.05) is 11.3 Å². The molecule has 3 nitrogen and oxygen atoms in total. The van der Waals surface area contributed by atoms with E-state index in [1.54, 1.807) is 0 Å². The summed E-state index contributed by atoms with van der Waals surface area (Å²) in [5.74, 6) is 0.386. The lowest BCUT2D eigenvalue weighted by Crippen LogP contribution is -2.09. The first-order chi connectivity index (χ1) is 12.7. The molecule has 2 N–H and O–H groups in total. The topological polar surface area (TPSA) is 62.7 Å². The Hall–Kier alpha value is -2.34. The number of aryl methyl sites for hydroxylation is 2. The van der Waals surface area contributed by atoms with Crippen molar-refractivity contribution in [3.05, 3.63) is 46.6 Å². The molecule has 1 aliphatic rings. The van der Waals surface area contributed by atoms with Crippen molar-refractivity contribution in [3.8, 4) is 17.2 Å². The fourth-order valence-corrected chi connectivity index (χ4v) is 4.09. The average Bonchev–Trinajstić information content (AvgIpc) is 2.63. The molecule has 26 heavy (non-hydrogen) atoms. The van der Waals surface area contributed by atoms with E-state index in [2.05, 4.69) is 30.1 Å². The summed E-state index contributed by atoms with van der Waals surface area (Å²) in [6.45, 7) is 2.11. The van der Waals surface area contributed by atoms with E-state index in [0.717, 1.165) is 42.5 Å². The predicted octanol–water partition coefficient (Wildman–Crippen LogP) is 5.73. The van der Waals surface area contributed by atoms with Crippen LogP contribution in [0, 0.1) is 18.3 Å². The van der Waals surface area contributed by atoms with Crippen LogP contribution >= 0.6 is 0 Å². The van der Waals surface area contributed by atoms with Crippen molar-refractivity contribution in [2.45, 2.75) is 71.1 Å². The van der Waals surface area contributed by atoms with Crippen molar-refractivity contribution in [2.24, 2.45) is 0 Å². The Morgan fingerprint density at radius 3 is 2.19 bits per heavy atom. The molecule has 0 radical (unpaired) electrons. The zero-order valence-electron chi connectivity index (χ0n) is 15.9. The SMILES string of the molecule is Cc1ccccc1-c1c(C#N)c(N)nc2c1CCCCCCCCCC2. The third-order valence-electron chi connectivity index (χ3n) is 5.53. The molecule has 0 amide bonds. The van der Waals surface area contributed by atoms with Gasteiger partial charge in [-0.15, -0.1) is 0 Å². The standard InChI is InChI=1S/C23H29N3/c1-17-12-10-11-13-18(17)22-19-14-8-6-4-2-3-5-7-9-15-21(19)26-23(25)20(22)16-24/h10-13H,2-9,14-15H2,1H3,(H2,25,26). The Morgan fingerprint density at radius 1 is 0.923 bits per heavy atom. The lowest BCUT2D eigenvalue weighted by atomic mass is 9.87. The maximum Gasteiger partial charge on any atom is 0.142 e. The summed E-state index contributed by atoms with van der Waals surface area (Å²) in [6, 6.07) is 10.6. The minimum absolute atomic E-state index is 0.386. The highest BCUT2D eigenvalue weighted by molar-refractivity contribution is 5.81. The van der Waals surface area contributed by atoms with Crippen LogP contribution in [0.1, 0.15) is 73.8 Å². The molecule has 1 aliphatic carbocycles.